The van der Waals surface area contributed by atoms with Crippen molar-refractivity contribution in [3.05, 3.63) is 30.0 Å². The normalized spacial score (nSPS) is 17.2. The van der Waals surface area contributed by atoms with Gasteiger partial charge in [0.25, 0.3) is 0 Å². The molecule has 3 rings (SSSR count). The molecule has 140 valence electrons. The lowest BCUT2D eigenvalue weighted by Crippen LogP contribution is -2.39. The molecule has 1 aliphatic rings. The lowest BCUT2D eigenvalue weighted by atomic mass is 10.2. The Morgan fingerprint density at radius 2 is 1.88 bits per heavy atom. The Kier molecular flexibility index (Phi) is 6.10. The monoisotopic (exact) mass is 370 g/mol. The predicted octanol–water partition coefficient (Wildman–Crippen LogP) is 1.36. The van der Waals surface area contributed by atoms with Crippen LogP contribution in [0.1, 0.15) is 18.7 Å². The van der Waals surface area contributed by atoms with Gasteiger partial charge in [0.2, 0.25) is 0 Å². The number of rotatable bonds is 5. The van der Waals surface area contributed by atoms with Gasteiger partial charge in [0.05, 0.1) is 30.7 Å². The third-order valence-corrected chi connectivity index (χ3v) is 4.87. The number of fused-ring (bicyclic) bond motifs is 1. The molecule has 1 saturated heterocycles. The van der Waals surface area contributed by atoms with Crippen molar-refractivity contribution in [2.45, 2.75) is 19.9 Å². The molecule has 2 N–H and O–H groups in total. The van der Waals surface area contributed by atoms with Gasteiger partial charge >= 0.3 is 10.1 Å². The van der Waals surface area contributed by atoms with Crippen molar-refractivity contribution in [1.29, 1.82) is 0 Å². The van der Waals surface area contributed by atoms with Crippen LogP contribution >= 0.6 is 0 Å². The Bertz CT molecular complexity index is 825. The lowest BCUT2D eigenvalue weighted by Gasteiger charge is -2.30. The Hall–Kier alpha value is -1.61. The summed E-state index contributed by atoms with van der Waals surface area (Å²) >= 11 is 0. The quantitative estimate of drug-likeness (QED) is 0.741. The SMILES string of the molecule is Cc1c(OS(C)(=O)=O)c2ccccc2n1C(C)CN1CCOCC1.O. The van der Waals surface area contributed by atoms with Crippen LogP contribution in [0.15, 0.2) is 24.3 Å². The molecule has 1 aromatic carbocycles. The number of hydrogen-bond acceptors (Lipinski definition) is 5. The summed E-state index contributed by atoms with van der Waals surface area (Å²) in [5.41, 5.74) is 1.83. The number of hydrogen-bond donors (Lipinski definition) is 0. The Morgan fingerprint density at radius 3 is 2.52 bits per heavy atom. The summed E-state index contributed by atoms with van der Waals surface area (Å²) in [6.45, 7) is 8.34. The van der Waals surface area contributed by atoms with Gasteiger partial charge in [0.15, 0.2) is 5.75 Å². The molecule has 1 atom stereocenters. The molecule has 1 unspecified atom stereocenters. The van der Waals surface area contributed by atoms with Crippen LogP contribution in [0.2, 0.25) is 0 Å². The molecule has 8 heteroatoms. The van der Waals surface area contributed by atoms with Gasteiger partial charge < -0.3 is 19.0 Å². The maximum atomic E-state index is 11.6. The molecule has 1 aliphatic heterocycles. The van der Waals surface area contributed by atoms with Crippen molar-refractivity contribution in [1.82, 2.24) is 9.47 Å². The summed E-state index contributed by atoms with van der Waals surface area (Å²) in [5, 5.41) is 0.828. The third-order valence-electron chi connectivity index (χ3n) is 4.40. The van der Waals surface area contributed by atoms with Crippen LogP contribution in [0.3, 0.4) is 0 Å². The van der Waals surface area contributed by atoms with E-state index in [1.807, 2.05) is 31.2 Å². The molecule has 25 heavy (non-hydrogen) atoms. The molecule has 7 nitrogen and oxygen atoms in total. The average Bonchev–Trinajstić information content (AvgIpc) is 2.79. The highest BCUT2D eigenvalue weighted by Gasteiger charge is 2.23. The van der Waals surface area contributed by atoms with Gasteiger partial charge in [0.1, 0.15) is 0 Å². The van der Waals surface area contributed by atoms with Gasteiger partial charge in [-0.15, -0.1) is 0 Å². The summed E-state index contributed by atoms with van der Waals surface area (Å²) in [6.07, 6.45) is 1.08. The second kappa shape index (κ2) is 7.74. The predicted molar refractivity (Wildman–Crippen MR) is 97.7 cm³/mol. The summed E-state index contributed by atoms with van der Waals surface area (Å²) < 4.78 is 36.1. The zero-order valence-electron chi connectivity index (χ0n) is 14.9. The van der Waals surface area contributed by atoms with Gasteiger partial charge in [-0.05, 0) is 26.0 Å². The number of para-hydroxylation sites is 1. The second-order valence-corrected chi connectivity index (χ2v) is 7.93. The van der Waals surface area contributed by atoms with E-state index in [1.165, 1.54) is 0 Å². The van der Waals surface area contributed by atoms with Gasteiger partial charge in [-0.2, -0.15) is 8.42 Å². The minimum absolute atomic E-state index is 0. The first-order chi connectivity index (χ1) is 11.4. The van der Waals surface area contributed by atoms with E-state index in [0.29, 0.717) is 5.75 Å². The van der Waals surface area contributed by atoms with E-state index in [-0.39, 0.29) is 11.5 Å². The van der Waals surface area contributed by atoms with Crippen LogP contribution in [-0.4, -0.2) is 62.5 Å². The minimum Gasteiger partial charge on any atom is -0.412 e. The molecule has 2 heterocycles. The Balaban J connectivity index is 0.00000225. The number of morpholine rings is 1. The molecule has 0 aliphatic carbocycles. The molecule has 0 saturated carbocycles. The number of benzene rings is 1. The molecular formula is C17H26N2O5S. The van der Waals surface area contributed by atoms with Crippen molar-refractivity contribution < 1.29 is 22.8 Å². The molecule has 0 bridgehead atoms. The average molecular weight is 370 g/mol. The van der Waals surface area contributed by atoms with Crippen molar-refractivity contribution in [3.63, 3.8) is 0 Å². The van der Waals surface area contributed by atoms with Gasteiger partial charge in [0, 0.05) is 31.1 Å². The number of nitrogens with zero attached hydrogens (tertiary/aromatic N) is 2. The summed E-state index contributed by atoms with van der Waals surface area (Å²) in [5.74, 6) is 0.432. The van der Waals surface area contributed by atoms with Crippen LogP contribution in [0, 0.1) is 6.92 Å². The van der Waals surface area contributed by atoms with Crippen LogP contribution < -0.4 is 4.18 Å². The van der Waals surface area contributed by atoms with Crippen LogP contribution in [0.4, 0.5) is 0 Å². The van der Waals surface area contributed by atoms with Crippen LogP contribution in [0.25, 0.3) is 10.9 Å². The smallest absolute Gasteiger partial charge is 0.306 e. The number of aromatic nitrogens is 1. The van der Waals surface area contributed by atoms with E-state index in [4.69, 9.17) is 8.92 Å². The second-order valence-electron chi connectivity index (χ2n) is 6.35. The van der Waals surface area contributed by atoms with E-state index >= 15 is 0 Å². The molecule has 0 amide bonds. The molecule has 0 spiro atoms. The first-order valence-electron chi connectivity index (χ1n) is 8.16. The van der Waals surface area contributed by atoms with Crippen molar-refractivity contribution in [2.75, 3.05) is 39.1 Å². The van der Waals surface area contributed by atoms with E-state index in [2.05, 4.69) is 16.4 Å². The van der Waals surface area contributed by atoms with E-state index in [9.17, 15) is 8.42 Å². The zero-order chi connectivity index (χ0) is 17.3. The summed E-state index contributed by atoms with van der Waals surface area (Å²) in [7, 11) is -3.57. The van der Waals surface area contributed by atoms with Crippen LogP contribution in [0.5, 0.6) is 5.75 Å². The summed E-state index contributed by atoms with van der Waals surface area (Å²) in [4.78, 5) is 2.37. The molecule has 0 radical (unpaired) electrons. The minimum atomic E-state index is -3.57. The Labute approximate surface area is 148 Å². The first kappa shape index (κ1) is 19.7. The fourth-order valence-electron chi connectivity index (χ4n) is 3.42. The van der Waals surface area contributed by atoms with Crippen molar-refractivity contribution in [2.24, 2.45) is 0 Å². The van der Waals surface area contributed by atoms with Crippen LogP contribution in [-0.2, 0) is 14.9 Å². The van der Waals surface area contributed by atoms with E-state index < -0.39 is 10.1 Å². The largest absolute Gasteiger partial charge is 0.412 e. The zero-order valence-corrected chi connectivity index (χ0v) is 15.7. The van der Waals surface area contributed by atoms with E-state index in [0.717, 1.165) is 55.7 Å². The lowest BCUT2D eigenvalue weighted by molar-refractivity contribution is 0.0327. The summed E-state index contributed by atoms with van der Waals surface area (Å²) in [6, 6.07) is 7.97. The fraction of sp³-hybridized carbons (Fsp3) is 0.529. The van der Waals surface area contributed by atoms with E-state index in [1.54, 1.807) is 0 Å². The molecule has 1 aromatic heterocycles. The maximum Gasteiger partial charge on any atom is 0.306 e. The highest BCUT2D eigenvalue weighted by Crippen LogP contribution is 2.36. The maximum absolute atomic E-state index is 11.6. The van der Waals surface area contributed by atoms with Gasteiger partial charge in [-0.3, -0.25) is 4.90 Å². The molecule has 1 fully saturated rings. The molecular weight excluding hydrogens is 344 g/mol. The number of ether oxygens (including phenoxy) is 1. The van der Waals surface area contributed by atoms with Gasteiger partial charge in [-0.1, -0.05) is 12.1 Å². The van der Waals surface area contributed by atoms with Gasteiger partial charge in [-0.25, -0.2) is 0 Å². The molecule has 2 aromatic rings. The first-order valence-corrected chi connectivity index (χ1v) is 9.97. The Morgan fingerprint density at radius 1 is 1.24 bits per heavy atom. The third kappa shape index (κ3) is 4.33. The highest BCUT2D eigenvalue weighted by atomic mass is 32.2. The topological polar surface area (TPSA) is 92.3 Å². The highest BCUT2D eigenvalue weighted by molar-refractivity contribution is 7.86. The van der Waals surface area contributed by atoms with Crippen molar-refractivity contribution in [3.8, 4) is 5.75 Å². The standard InChI is InChI=1S/C17H24N2O4S.H2O/c1-13(12-18-8-10-22-11-9-18)19-14(2)17(23-24(3,20)21)15-6-4-5-7-16(15)19;/h4-7,13H,8-12H2,1-3H3;1H2. The van der Waals surface area contributed by atoms with Crippen molar-refractivity contribution >= 4 is 21.0 Å². The fourth-order valence-corrected chi connectivity index (χ4v) is 3.94.